The number of hydrogen-bond acceptors (Lipinski definition) is 2. The Morgan fingerprint density at radius 1 is 1.33 bits per heavy atom. The first-order valence-electron chi connectivity index (χ1n) is 5.40. The second kappa shape index (κ2) is 4.49. The average Bonchev–Trinajstić information content (AvgIpc) is 2.65. The number of hydrogen-bond donors (Lipinski definition) is 1. The van der Waals surface area contributed by atoms with E-state index in [1.807, 2.05) is 13.1 Å². The molecule has 0 aliphatic heterocycles. The minimum Gasteiger partial charge on any atom is -0.464 e. The van der Waals surface area contributed by atoms with Crippen molar-refractivity contribution in [1.29, 1.82) is 0 Å². The highest BCUT2D eigenvalue weighted by Gasteiger charge is 2.04. The van der Waals surface area contributed by atoms with E-state index in [0.29, 0.717) is 5.92 Å². The highest BCUT2D eigenvalue weighted by atomic mass is 16.3. The van der Waals surface area contributed by atoms with Crippen LogP contribution >= 0.6 is 0 Å². The van der Waals surface area contributed by atoms with Gasteiger partial charge in [-0.25, -0.2) is 0 Å². The van der Waals surface area contributed by atoms with Crippen molar-refractivity contribution >= 4 is 11.0 Å². The van der Waals surface area contributed by atoms with Crippen LogP contribution < -0.4 is 5.32 Å². The van der Waals surface area contributed by atoms with Gasteiger partial charge in [-0.3, -0.25) is 0 Å². The van der Waals surface area contributed by atoms with Gasteiger partial charge in [0.25, 0.3) is 0 Å². The van der Waals surface area contributed by atoms with E-state index >= 15 is 0 Å². The number of fused-ring (bicyclic) bond motifs is 1. The minimum atomic E-state index is 0.666. The molecule has 1 heterocycles. The molecule has 2 rings (SSSR count). The van der Waals surface area contributed by atoms with Crippen molar-refractivity contribution in [1.82, 2.24) is 5.32 Å². The summed E-state index contributed by atoms with van der Waals surface area (Å²) in [6, 6.07) is 8.43. The number of furan rings is 1. The summed E-state index contributed by atoms with van der Waals surface area (Å²) >= 11 is 0. The summed E-state index contributed by atoms with van der Waals surface area (Å²) in [5, 5.41) is 4.40. The standard InChI is InChI=1S/C13H17NO/c1-10(9-14-2)7-11-3-4-13-12(8-11)5-6-15-13/h3-6,8,10,14H,7,9H2,1-2H3. The number of benzene rings is 1. The lowest BCUT2D eigenvalue weighted by atomic mass is 10.0. The van der Waals surface area contributed by atoms with Crippen LogP contribution in [0, 0.1) is 5.92 Å². The molecule has 1 aromatic carbocycles. The predicted molar refractivity (Wildman–Crippen MR) is 63.0 cm³/mol. The Morgan fingerprint density at radius 3 is 3.00 bits per heavy atom. The van der Waals surface area contributed by atoms with E-state index in [4.69, 9.17) is 4.42 Å². The van der Waals surface area contributed by atoms with Gasteiger partial charge in [0.1, 0.15) is 5.58 Å². The summed E-state index contributed by atoms with van der Waals surface area (Å²) in [6.45, 7) is 3.32. The molecule has 80 valence electrons. The number of nitrogens with one attached hydrogen (secondary N) is 1. The van der Waals surface area contributed by atoms with Gasteiger partial charge in [0.15, 0.2) is 0 Å². The zero-order valence-electron chi connectivity index (χ0n) is 9.29. The van der Waals surface area contributed by atoms with Gasteiger partial charge in [-0.05, 0) is 49.7 Å². The summed E-state index contributed by atoms with van der Waals surface area (Å²) in [5.41, 5.74) is 2.35. The fraction of sp³-hybridized carbons (Fsp3) is 0.385. The molecule has 2 nitrogen and oxygen atoms in total. The third-order valence-electron chi connectivity index (χ3n) is 2.65. The first-order chi connectivity index (χ1) is 7.29. The molecule has 1 aromatic heterocycles. The lowest BCUT2D eigenvalue weighted by Crippen LogP contribution is -2.17. The smallest absolute Gasteiger partial charge is 0.133 e. The van der Waals surface area contributed by atoms with Gasteiger partial charge >= 0.3 is 0 Å². The minimum absolute atomic E-state index is 0.666. The molecule has 0 amide bonds. The van der Waals surface area contributed by atoms with Crippen LogP contribution in [0.3, 0.4) is 0 Å². The normalized spacial score (nSPS) is 13.2. The second-order valence-corrected chi connectivity index (χ2v) is 4.16. The molecule has 2 heteroatoms. The van der Waals surface area contributed by atoms with Gasteiger partial charge in [0, 0.05) is 5.39 Å². The average molecular weight is 203 g/mol. The topological polar surface area (TPSA) is 25.2 Å². The Balaban J connectivity index is 2.14. The fourth-order valence-electron chi connectivity index (χ4n) is 1.97. The van der Waals surface area contributed by atoms with E-state index in [0.717, 1.165) is 18.5 Å². The molecule has 0 saturated carbocycles. The Morgan fingerprint density at radius 2 is 2.20 bits per heavy atom. The molecule has 1 N–H and O–H groups in total. The maximum absolute atomic E-state index is 5.31. The van der Waals surface area contributed by atoms with Crippen LogP contribution in [0.5, 0.6) is 0 Å². The van der Waals surface area contributed by atoms with Crippen LogP contribution in [-0.4, -0.2) is 13.6 Å². The molecular weight excluding hydrogens is 186 g/mol. The van der Waals surface area contributed by atoms with Crippen molar-refractivity contribution in [2.45, 2.75) is 13.3 Å². The molecular formula is C13H17NO. The molecule has 0 aliphatic rings. The van der Waals surface area contributed by atoms with Crippen molar-refractivity contribution in [3.63, 3.8) is 0 Å². The monoisotopic (exact) mass is 203 g/mol. The lowest BCUT2D eigenvalue weighted by molar-refractivity contribution is 0.542. The zero-order chi connectivity index (χ0) is 10.7. The van der Waals surface area contributed by atoms with Crippen molar-refractivity contribution in [2.24, 2.45) is 5.92 Å². The SMILES string of the molecule is CNCC(C)Cc1ccc2occc2c1. The Bertz CT molecular complexity index is 433. The largest absolute Gasteiger partial charge is 0.464 e. The van der Waals surface area contributed by atoms with Crippen molar-refractivity contribution in [3.8, 4) is 0 Å². The Labute approximate surface area is 90.3 Å². The van der Waals surface area contributed by atoms with E-state index in [2.05, 4.69) is 30.4 Å². The van der Waals surface area contributed by atoms with Crippen molar-refractivity contribution < 1.29 is 4.42 Å². The predicted octanol–water partition coefficient (Wildman–Crippen LogP) is 2.83. The molecule has 15 heavy (non-hydrogen) atoms. The maximum atomic E-state index is 5.31. The molecule has 0 saturated heterocycles. The highest BCUT2D eigenvalue weighted by Crippen LogP contribution is 2.18. The summed E-state index contributed by atoms with van der Waals surface area (Å²) in [5.74, 6) is 0.666. The van der Waals surface area contributed by atoms with Crippen molar-refractivity contribution in [2.75, 3.05) is 13.6 Å². The van der Waals surface area contributed by atoms with E-state index in [9.17, 15) is 0 Å². The quantitative estimate of drug-likeness (QED) is 0.826. The van der Waals surface area contributed by atoms with E-state index < -0.39 is 0 Å². The fourth-order valence-corrected chi connectivity index (χ4v) is 1.97. The molecule has 0 aliphatic carbocycles. The molecule has 1 unspecified atom stereocenters. The Hall–Kier alpha value is -1.28. The molecule has 0 spiro atoms. The molecule has 0 bridgehead atoms. The lowest BCUT2D eigenvalue weighted by Gasteiger charge is -2.10. The summed E-state index contributed by atoms with van der Waals surface area (Å²) in [4.78, 5) is 0. The molecule has 2 aromatic rings. The summed E-state index contributed by atoms with van der Waals surface area (Å²) < 4.78 is 5.31. The van der Waals surface area contributed by atoms with Crippen LogP contribution in [0.25, 0.3) is 11.0 Å². The van der Waals surface area contributed by atoms with Crippen molar-refractivity contribution in [3.05, 3.63) is 36.1 Å². The van der Waals surface area contributed by atoms with Gasteiger partial charge in [-0.1, -0.05) is 13.0 Å². The van der Waals surface area contributed by atoms with E-state index in [1.165, 1.54) is 10.9 Å². The molecule has 0 radical (unpaired) electrons. The maximum Gasteiger partial charge on any atom is 0.133 e. The van der Waals surface area contributed by atoms with Crippen LogP contribution in [0.4, 0.5) is 0 Å². The van der Waals surface area contributed by atoms with Crippen LogP contribution in [0.15, 0.2) is 34.9 Å². The molecule has 0 fully saturated rings. The Kier molecular flexibility index (Phi) is 3.07. The first kappa shape index (κ1) is 10.2. The number of rotatable bonds is 4. The van der Waals surface area contributed by atoms with Crippen LogP contribution in [0.1, 0.15) is 12.5 Å². The van der Waals surface area contributed by atoms with Gasteiger partial charge in [-0.15, -0.1) is 0 Å². The third-order valence-corrected chi connectivity index (χ3v) is 2.65. The zero-order valence-corrected chi connectivity index (χ0v) is 9.29. The molecule has 1 atom stereocenters. The first-order valence-corrected chi connectivity index (χ1v) is 5.40. The second-order valence-electron chi connectivity index (χ2n) is 4.16. The van der Waals surface area contributed by atoms with Gasteiger partial charge in [0.05, 0.1) is 6.26 Å². The van der Waals surface area contributed by atoms with E-state index in [-0.39, 0.29) is 0 Å². The third kappa shape index (κ3) is 2.39. The highest BCUT2D eigenvalue weighted by molar-refractivity contribution is 5.77. The van der Waals surface area contributed by atoms with Gasteiger partial charge in [-0.2, -0.15) is 0 Å². The van der Waals surface area contributed by atoms with E-state index in [1.54, 1.807) is 6.26 Å². The van der Waals surface area contributed by atoms with Crippen LogP contribution in [0.2, 0.25) is 0 Å². The van der Waals surface area contributed by atoms with Gasteiger partial charge < -0.3 is 9.73 Å². The summed E-state index contributed by atoms with van der Waals surface area (Å²) in [6.07, 6.45) is 2.85. The summed E-state index contributed by atoms with van der Waals surface area (Å²) in [7, 11) is 2.00. The van der Waals surface area contributed by atoms with Crippen LogP contribution in [-0.2, 0) is 6.42 Å². The van der Waals surface area contributed by atoms with Gasteiger partial charge in [0.2, 0.25) is 0 Å².